The van der Waals surface area contributed by atoms with Crippen LogP contribution < -0.4 is 0 Å². The van der Waals surface area contributed by atoms with Gasteiger partial charge in [-0.25, -0.2) is 4.98 Å². The van der Waals surface area contributed by atoms with Crippen LogP contribution >= 0.6 is 27.3 Å². The first kappa shape index (κ1) is 11.4. The fourth-order valence-corrected chi connectivity index (χ4v) is 3.78. The summed E-state index contributed by atoms with van der Waals surface area (Å²) < 4.78 is 1.02. The van der Waals surface area contributed by atoms with E-state index in [0.717, 1.165) is 30.0 Å². The van der Waals surface area contributed by atoms with E-state index in [-0.39, 0.29) is 0 Å². The minimum absolute atomic E-state index is 0.978. The van der Waals surface area contributed by atoms with E-state index >= 15 is 0 Å². The van der Waals surface area contributed by atoms with Crippen molar-refractivity contribution in [1.82, 2.24) is 9.88 Å². The van der Waals surface area contributed by atoms with Gasteiger partial charge in [-0.15, -0.1) is 11.3 Å². The van der Waals surface area contributed by atoms with Crippen molar-refractivity contribution in [2.24, 2.45) is 0 Å². The van der Waals surface area contributed by atoms with Crippen molar-refractivity contribution in [2.45, 2.75) is 19.5 Å². The van der Waals surface area contributed by atoms with E-state index in [2.05, 4.69) is 56.1 Å². The van der Waals surface area contributed by atoms with E-state index in [1.54, 1.807) is 11.3 Å². The fraction of sp³-hybridized carbons (Fsp3) is 0.308. The van der Waals surface area contributed by atoms with E-state index < -0.39 is 0 Å². The van der Waals surface area contributed by atoms with Crippen molar-refractivity contribution in [3.63, 3.8) is 0 Å². The highest BCUT2D eigenvalue weighted by Crippen LogP contribution is 2.28. The molecule has 0 radical (unpaired) electrons. The van der Waals surface area contributed by atoms with E-state index in [0.29, 0.717) is 0 Å². The maximum Gasteiger partial charge on any atom is 0.159 e. The summed E-state index contributed by atoms with van der Waals surface area (Å²) in [4.78, 5) is 8.44. The van der Waals surface area contributed by atoms with Crippen LogP contribution in [0, 0.1) is 0 Å². The third-order valence-electron chi connectivity index (χ3n) is 3.03. The van der Waals surface area contributed by atoms with Gasteiger partial charge in [0.1, 0.15) is 0 Å². The maximum absolute atomic E-state index is 4.54. The molecule has 0 N–H and O–H groups in total. The predicted octanol–water partition coefficient (Wildman–Crippen LogP) is 3.46. The normalized spacial score (nSPS) is 15.8. The summed E-state index contributed by atoms with van der Waals surface area (Å²) in [5.41, 5.74) is 2.63. The number of nitrogens with zero attached hydrogens (tertiary/aromatic N) is 2. The predicted molar refractivity (Wildman–Crippen MR) is 74.1 cm³/mol. The summed E-state index contributed by atoms with van der Waals surface area (Å²) in [6.07, 6.45) is 1.13. The number of hydrogen-bond donors (Lipinski definition) is 0. The molecule has 0 spiro atoms. The average molecular weight is 309 g/mol. The summed E-state index contributed by atoms with van der Waals surface area (Å²) in [6, 6.07) is 10.6. The van der Waals surface area contributed by atoms with Gasteiger partial charge in [-0.05, 0) is 27.9 Å². The number of thiazole rings is 1. The SMILES string of the molecule is Brc1nc2c(s1)CCN(Cc1ccccc1)C2. The summed E-state index contributed by atoms with van der Waals surface area (Å²) in [6.45, 7) is 3.14. The van der Waals surface area contributed by atoms with Crippen LogP contribution in [0.2, 0.25) is 0 Å². The molecular weight excluding hydrogens is 296 g/mol. The molecule has 3 rings (SSSR count). The second kappa shape index (κ2) is 4.88. The van der Waals surface area contributed by atoms with Crippen LogP contribution in [0.5, 0.6) is 0 Å². The fourth-order valence-electron chi connectivity index (χ4n) is 2.20. The van der Waals surface area contributed by atoms with E-state index in [9.17, 15) is 0 Å². The Kier molecular flexibility index (Phi) is 3.27. The highest BCUT2D eigenvalue weighted by molar-refractivity contribution is 9.11. The quantitative estimate of drug-likeness (QED) is 0.844. The Labute approximate surface area is 113 Å². The summed E-state index contributed by atoms with van der Waals surface area (Å²) in [5.74, 6) is 0. The lowest BCUT2D eigenvalue weighted by Crippen LogP contribution is -2.29. The Hall–Kier alpha value is -0.710. The molecule has 2 heterocycles. The average Bonchev–Trinajstić information content (AvgIpc) is 2.70. The molecule has 4 heteroatoms. The number of benzene rings is 1. The number of rotatable bonds is 2. The van der Waals surface area contributed by atoms with Gasteiger partial charge in [0.05, 0.1) is 5.69 Å². The van der Waals surface area contributed by atoms with Crippen LogP contribution in [0.15, 0.2) is 34.2 Å². The van der Waals surface area contributed by atoms with Gasteiger partial charge in [-0.2, -0.15) is 0 Å². The molecule has 0 fully saturated rings. The Bertz CT molecular complexity index is 509. The maximum atomic E-state index is 4.54. The lowest BCUT2D eigenvalue weighted by atomic mass is 10.1. The smallest absolute Gasteiger partial charge is 0.159 e. The molecular formula is C13H13BrN2S. The number of hydrogen-bond acceptors (Lipinski definition) is 3. The zero-order valence-electron chi connectivity index (χ0n) is 9.40. The first-order valence-electron chi connectivity index (χ1n) is 5.71. The van der Waals surface area contributed by atoms with Crippen molar-refractivity contribution < 1.29 is 0 Å². The third-order valence-corrected chi connectivity index (χ3v) is 4.64. The van der Waals surface area contributed by atoms with Gasteiger partial charge >= 0.3 is 0 Å². The van der Waals surface area contributed by atoms with E-state index in [4.69, 9.17) is 0 Å². The highest BCUT2D eigenvalue weighted by atomic mass is 79.9. The molecule has 0 aliphatic carbocycles. The largest absolute Gasteiger partial charge is 0.293 e. The van der Waals surface area contributed by atoms with Crippen LogP contribution in [-0.2, 0) is 19.5 Å². The molecule has 0 saturated carbocycles. The third kappa shape index (κ3) is 2.59. The first-order chi connectivity index (χ1) is 8.31. The summed E-state index contributed by atoms with van der Waals surface area (Å²) in [5, 5.41) is 0. The molecule has 17 heavy (non-hydrogen) atoms. The molecule has 0 amide bonds. The summed E-state index contributed by atoms with van der Waals surface area (Å²) >= 11 is 5.25. The molecule has 0 unspecified atom stereocenters. The lowest BCUT2D eigenvalue weighted by Gasteiger charge is -2.25. The van der Waals surface area contributed by atoms with Gasteiger partial charge in [-0.1, -0.05) is 30.3 Å². The standard InChI is InChI=1S/C13H13BrN2S/c14-13-15-11-9-16(7-6-12(11)17-13)8-10-4-2-1-3-5-10/h1-5H,6-9H2. The van der Waals surface area contributed by atoms with Crippen LogP contribution in [0.4, 0.5) is 0 Å². The molecule has 1 aromatic carbocycles. The first-order valence-corrected chi connectivity index (χ1v) is 7.32. The molecule has 2 aromatic rings. The van der Waals surface area contributed by atoms with Crippen LogP contribution in [0.25, 0.3) is 0 Å². The zero-order valence-corrected chi connectivity index (χ0v) is 11.8. The van der Waals surface area contributed by atoms with Gasteiger partial charge in [0.15, 0.2) is 3.92 Å². The van der Waals surface area contributed by atoms with E-state index in [1.165, 1.54) is 16.1 Å². The molecule has 0 bridgehead atoms. The van der Waals surface area contributed by atoms with Crippen LogP contribution in [-0.4, -0.2) is 16.4 Å². The van der Waals surface area contributed by atoms with Crippen molar-refractivity contribution in [3.05, 3.63) is 50.4 Å². The monoisotopic (exact) mass is 308 g/mol. The lowest BCUT2D eigenvalue weighted by molar-refractivity contribution is 0.244. The second-order valence-electron chi connectivity index (χ2n) is 4.28. The van der Waals surface area contributed by atoms with Crippen molar-refractivity contribution in [2.75, 3.05) is 6.54 Å². The van der Waals surface area contributed by atoms with E-state index in [1.807, 2.05) is 0 Å². The van der Waals surface area contributed by atoms with Crippen molar-refractivity contribution in [3.8, 4) is 0 Å². The van der Waals surface area contributed by atoms with Gasteiger partial charge in [-0.3, -0.25) is 4.90 Å². The number of fused-ring (bicyclic) bond motifs is 1. The topological polar surface area (TPSA) is 16.1 Å². The zero-order chi connectivity index (χ0) is 11.7. The minimum atomic E-state index is 0.978. The van der Waals surface area contributed by atoms with Crippen LogP contribution in [0.1, 0.15) is 16.1 Å². The Morgan fingerprint density at radius 1 is 1.29 bits per heavy atom. The van der Waals surface area contributed by atoms with Gasteiger partial charge in [0, 0.05) is 24.5 Å². The molecule has 1 aromatic heterocycles. The van der Waals surface area contributed by atoms with Gasteiger partial charge in [0.2, 0.25) is 0 Å². The Morgan fingerprint density at radius 2 is 2.12 bits per heavy atom. The summed E-state index contributed by atoms with van der Waals surface area (Å²) in [7, 11) is 0. The number of aromatic nitrogens is 1. The molecule has 0 atom stereocenters. The Morgan fingerprint density at radius 3 is 2.94 bits per heavy atom. The Balaban J connectivity index is 1.72. The molecule has 1 aliphatic rings. The second-order valence-corrected chi connectivity index (χ2v) is 6.64. The molecule has 88 valence electrons. The minimum Gasteiger partial charge on any atom is -0.293 e. The molecule has 1 aliphatic heterocycles. The van der Waals surface area contributed by atoms with Crippen molar-refractivity contribution in [1.29, 1.82) is 0 Å². The van der Waals surface area contributed by atoms with Gasteiger partial charge in [0.25, 0.3) is 0 Å². The highest BCUT2D eigenvalue weighted by Gasteiger charge is 2.19. The van der Waals surface area contributed by atoms with Gasteiger partial charge < -0.3 is 0 Å². The van der Waals surface area contributed by atoms with Crippen molar-refractivity contribution >= 4 is 27.3 Å². The molecule has 2 nitrogen and oxygen atoms in total. The molecule has 0 saturated heterocycles. The number of halogens is 1. The van der Waals surface area contributed by atoms with Crippen LogP contribution in [0.3, 0.4) is 0 Å².